The molecule has 1 rings (SSSR count). The minimum atomic E-state index is -2.97. The van der Waals surface area contributed by atoms with E-state index in [0.29, 0.717) is 0 Å². The Labute approximate surface area is 91.9 Å². The minimum Gasteiger partial charge on any atom is -0.375 e. The van der Waals surface area contributed by atoms with E-state index in [1.54, 1.807) is 0 Å². The molecule has 92 valence electrons. The number of carbonyl (C=O) groups is 2. The molecule has 7 heteroatoms. The summed E-state index contributed by atoms with van der Waals surface area (Å²) in [6.45, 7) is 0.835. The van der Waals surface area contributed by atoms with E-state index >= 15 is 0 Å². The molecule has 0 aromatic carbocycles. The van der Waals surface area contributed by atoms with E-state index in [1.807, 2.05) is 0 Å². The first kappa shape index (κ1) is 12.8. The fourth-order valence-electron chi connectivity index (χ4n) is 1.53. The van der Waals surface area contributed by atoms with Crippen LogP contribution in [-0.4, -0.2) is 67.9 Å². The van der Waals surface area contributed by atoms with Crippen LogP contribution in [0.4, 0.5) is 8.78 Å². The molecule has 16 heavy (non-hydrogen) atoms. The Morgan fingerprint density at radius 3 is 2.12 bits per heavy atom. The standard InChI is InChI=1S/C9H14F2N2O3/c1-16-6-7(14)12-2-4-13(5-3-12)9(15)8(10)11/h8H,2-6H2,1H3. The summed E-state index contributed by atoms with van der Waals surface area (Å²) in [5, 5.41) is 0. The average Bonchev–Trinajstić information content (AvgIpc) is 2.28. The third-order valence-corrected chi connectivity index (χ3v) is 2.40. The molecular formula is C9H14F2N2O3. The van der Waals surface area contributed by atoms with Gasteiger partial charge in [0.15, 0.2) is 0 Å². The molecule has 0 unspecified atom stereocenters. The third-order valence-electron chi connectivity index (χ3n) is 2.40. The van der Waals surface area contributed by atoms with Crippen LogP contribution in [0.1, 0.15) is 0 Å². The lowest BCUT2D eigenvalue weighted by Crippen LogP contribution is -2.52. The second kappa shape index (κ2) is 5.74. The van der Waals surface area contributed by atoms with E-state index in [-0.39, 0.29) is 38.7 Å². The number of hydrogen-bond acceptors (Lipinski definition) is 3. The highest BCUT2D eigenvalue weighted by molar-refractivity contribution is 5.80. The normalized spacial score (nSPS) is 16.8. The summed E-state index contributed by atoms with van der Waals surface area (Å²) in [5.74, 6) is -1.36. The van der Waals surface area contributed by atoms with Crippen molar-refractivity contribution in [3.05, 3.63) is 0 Å². The molecule has 5 nitrogen and oxygen atoms in total. The van der Waals surface area contributed by atoms with Crippen LogP contribution in [0, 0.1) is 0 Å². The van der Waals surface area contributed by atoms with Crippen molar-refractivity contribution in [1.82, 2.24) is 9.80 Å². The van der Waals surface area contributed by atoms with Crippen LogP contribution in [0.25, 0.3) is 0 Å². The zero-order valence-electron chi connectivity index (χ0n) is 8.99. The summed E-state index contributed by atoms with van der Waals surface area (Å²) in [7, 11) is 1.41. The lowest BCUT2D eigenvalue weighted by Gasteiger charge is -2.34. The van der Waals surface area contributed by atoms with Crippen molar-refractivity contribution in [1.29, 1.82) is 0 Å². The second-order valence-electron chi connectivity index (χ2n) is 3.44. The Balaban J connectivity index is 2.39. The average molecular weight is 236 g/mol. The number of carbonyl (C=O) groups excluding carboxylic acids is 2. The summed E-state index contributed by atoms with van der Waals surface area (Å²) >= 11 is 0. The molecule has 0 aliphatic carbocycles. The van der Waals surface area contributed by atoms with Gasteiger partial charge in [-0.1, -0.05) is 0 Å². The molecule has 1 saturated heterocycles. The predicted molar refractivity (Wildman–Crippen MR) is 51.0 cm³/mol. The van der Waals surface area contributed by atoms with Crippen LogP contribution in [0.2, 0.25) is 0 Å². The molecule has 0 bridgehead atoms. The number of piperazine rings is 1. The minimum absolute atomic E-state index is 0.0250. The third kappa shape index (κ3) is 3.13. The van der Waals surface area contributed by atoms with E-state index in [2.05, 4.69) is 4.74 Å². The zero-order chi connectivity index (χ0) is 12.1. The van der Waals surface area contributed by atoms with Crippen molar-refractivity contribution in [2.75, 3.05) is 39.9 Å². The Hall–Kier alpha value is -1.24. The molecule has 1 heterocycles. The van der Waals surface area contributed by atoms with Crippen molar-refractivity contribution in [2.45, 2.75) is 6.43 Å². The van der Waals surface area contributed by atoms with Gasteiger partial charge in [0.25, 0.3) is 5.91 Å². The largest absolute Gasteiger partial charge is 0.375 e. The molecule has 0 saturated carbocycles. The number of nitrogens with zero attached hydrogens (tertiary/aromatic N) is 2. The molecule has 0 spiro atoms. The fourth-order valence-corrected chi connectivity index (χ4v) is 1.53. The van der Waals surface area contributed by atoms with Gasteiger partial charge in [-0.05, 0) is 0 Å². The van der Waals surface area contributed by atoms with Crippen molar-refractivity contribution in [3.8, 4) is 0 Å². The van der Waals surface area contributed by atoms with Crippen molar-refractivity contribution >= 4 is 11.8 Å². The number of alkyl halides is 2. The fraction of sp³-hybridized carbons (Fsp3) is 0.778. The van der Waals surface area contributed by atoms with E-state index in [0.717, 1.165) is 4.90 Å². The second-order valence-corrected chi connectivity index (χ2v) is 3.44. The molecule has 0 radical (unpaired) electrons. The van der Waals surface area contributed by atoms with Crippen LogP contribution in [0.15, 0.2) is 0 Å². The van der Waals surface area contributed by atoms with Gasteiger partial charge in [0.2, 0.25) is 5.91 Å². The van der Waals surface area contributed by atoms with Crippen LogP contribution in [0.5, 0.6) is 0 Å². The zero-order valence-corrected chi connectivity index (χ0v) is 8.99. The molecular weight excluding hydrogens is 222 g/mol. The smallest absolute Gasteiger partial charge is 0.315 e. The molecule has 0 aromatic heterocycles. The summed E-state index contributed by atoms with van der Waals surface area (Å²) < 4.78 is 28.9. The van der Waals surface area contributed by atoms with Gasteiger partial charge in [-0.2, -0.15) is 8.78 Å². The first-order valence-corrected chi connectivity index (χ1v) is 4.90. The molecule has 1 fully saturated rings. The van der Waals surface area contributed by atoms with Gasteiger partial charge in [0.05, 0.1) is 0 Å². The Bertz CT molecular complexity index is 265. The highest BCUT2D eigenvalue weighted by Crippen LogP contribution is 2.06. The number of rotatable bonds is 3. The van der Waals surface area contributed by atoms with Gasteiger partial charge in [-0.25, -0.2) is 0 Å². The summed E-state index contributed by atoms with van der Waals surface area (Å²) in [5.41, 5.74) is 0. The van der Waals surface area contributed by atoms with Gasteiger partial charge in [-0.3, -0.25) is 9.59 Å². The van der Waals surface area contributed by atoms with E-state index in [4.69, 9.17) is 0 Å². The number of hydrogen-bond donors (Lipinski definition) is 0. The topological polar surface area (TPSA) is 49.9 Å². The molecule has 1 aliphatic heterocycles. The quantitative estimate of drug-likeness (QED) is 0.668. The molecule has 2 amide bonds. The van der Waals surface area contributed by atoms with Crippen LogP contribution in [-0.2, 0) is 14.3 Å². The highest BCUT2D eigenvalue weighted by Gasteiger charge is 2.28. The number of ether oxygens (including phenoxy) is 1. The molecule has 0 N–H and O–H groups in total. The van der Waals surface area contributed by atoms with E-state index in [9.17, 15) is 18.4 Å². The van der Waals surface area contributed by atoms with Gasteiger partial charge in [-0.15, -0.1) is 0 Å². The van der Waals surface area contributed by atoms with Gasteiger partial charge in [0, 0.05) is 33.3 Å². The number of amides is 2. The summed E-state index contributed by atoms with van der Waals surface area (Å²) in [6.07, 6.45) is -2.97. The van der Waals surface area contributed by atoms with Gasteiger partial charge in [0.1, 0.15) is 6.61 Å². The number of methoxy groups -OCH3 is 1. The molecule has 0 aromatic rings. The SMILES string of the molecule is COCC(=O)N1CCN(C(=O)C(F)F)CC1. The maximum absolute atomic E-state index is 12.1. The Morgan fingerprint density at radius 1 is 1.19 bits per heavy atom. The predicted octanol–water partition coefficient (Wildman–Crippen LogP) is -0.431. The van der Waals surface area contributed by atoms with Crippen LogP contribution < -0.4 is 0 Å². The van der Waals surface area contributed by atoms with Crippen LogP contribution in [0.3, 0.4) is 0 Å². The highest BCUT2D eigenvalue weighted by atomic mass is 19.3. The van der Waals surface area contributed by atoms with Gasteiger partial charge < -0.3 is 14.5 Å². The first-order valence-electron chi connectivity index (χ1n) is 4.90. The summed E-state index contributed by atoms with van der Waals surface area (Å²) in [4.78, 5) is 24.9. The van der Waals surface area contributed by atoms with E-state index in [1.165, 1.54) is 12.0 Å². The van der Waals surface area contributed by atoms with Crippen LogP contribution >= 0.6 is 0 Å². The van der Waals surface area contributed by atoms with E-state index < -0.39 is 12.3 Å². The van der Waals surface area contributed by atoms with Gasteiger partial charge >= 0.3 is 6.43 Å². The maximum atomic E-state index is 12.1. The number of halogens is 2. The Kier molecular flexibility index (Phi) is 4.60. The van der Waals surface area contributed by atoms with Crippen molar-refractivity contribution < 1.29 is 23.1 Å². The summed E-state index contributed by atoms with van der Waals surface area (Å²) in [6, 6.07) is 0. The lowest BCUT2D eigenvalue weighted by molar-refractivity contribution is -0.148. The Morgan fingerprint density at radius 2 is 1.69 bits per heavy atom. The molecule has 1 aliphatic rings. The van der Waals surface area contributed by atoms with Crippen molar-refractivity contribution in [3.63, 3.8) is 0 Å². The first-order chi connectivity index (χ1) is 7.56. The monoisotopic (exact) mass is 236 g/mol. The van der Waals surface area contributed by atoms with Crippen molar-refractivity contribution in [2.24, 2.45) is 0 Å². The maximum Gasteiger partial charge on any atom is 0.315 e. The molecule has 0 atom stereocenters. The lowest BCUT2D eigenvalue weighted by atomic mass is 10.3.